The van der Waals surface area contributed by atoms with Crippen molar-refractivity contribution in [1.29, 1.82) is 0 Å². The SMILES string of the molecule is C/C=C/c1ccc2c(c1)O[C@H](CN(C)CC1CCCC1)[C@@H](C)CN([C@H](C)CO)S2(=O)=O. The third-order valence-electron chi connectivity index (χ3n) is 6.59. The Morgan fingerprint density at radius 3 is 2.65 bits per heavy atom. The molecule has 0 aromatic heterocycles. The summed E-state index contributed by atoms with van der Waals surface area (Å²) in [7, 11) is -1.64. The lowest BCUT2D eigenvalue weighted by molar-refractivity contribution is 0.0712. The third kappa shape index (κ3) is 5.69. The summed E-state index contributed by atoms with van der Waals surface area (Å²) in [6.07, 6.45) is 8.95. The van der Waals surface area contributed by atoms with Crippen molar-refractivity contribution in [3.05, 3.63) is 29.8 Å². The maximum atomic E-state index is 13.5. The van der Waals surface area contributed by atoms with Crippen LogP contribution in [0, 0.1) is 11.8 Å². The number of ether oxygens (including phenoxy) is 1. The molecule has 0 bridgehead atoms. The Kier molecular flexibility index (Phi) is 8.19. The van der Waals surface area contributed by atoms with E-state index in [0.717, 1.165) is 24.6 Å². The minimum atomic E-state index is -3.78. The van der Waals surface area contributed by atoms with E-state index in [1.807, 2.05) is 32.1 Å². The lowest BCUT2D eigenvalue weighted by Gasteiger charge is -2.38. The zero-order valence-electron chi connectivity index (χ0n) is 19.3. The zero-order valence-corrected chi connectivity index (χ0v) is 20.1. The maximum absolute atomic E-state index is 13.5. The van der Waals surface area contributed by atoms with Crippen LogP contribution in [0.5, 0.6) is 5.75 Å². The molecular formula is C24H38N2O4S. The Morgan fingerprint density at radius 1 is 1.29 bits per heavy atom. The summed E-state index contributed by atoms with van der Waals surface area (Å²) in [5, 5.41) is 9.75. The van der Waals surface area contributed by atoms with Crippen LogP contribution in [0.1, 0.15) is 52.0 Å². The summed E-state index contributed by atoms with van der Waals surface area (Å²) >= 11 is 0. The van der Waals surface area contributed by atoms with Gasteiger partial charge in [0.05, 0.1) is 6.61 Å². The number of likely N-dealkylation sites (N-methyl/N-ethyl adjacent to an activating group) is 1. The van der Waals surface area contributed by atoms with Crippen LogP contribution in [0.25, 0.3) is 6.08 Å². The van der Waals surface area contributed by atoms with Crippen LogP contribution < -0.4 is 4.74 Å². The topological polar surface area (TPSA) is 70.1 Å². The molecule has 1 aliphatic carbocycles. The summed E-state index contributed by atoms with van der Waals surface area (Å²) in [6.45, 7) is 7.62. The number of aliphatic hydroxyl groups is 1. The predicted molar refractivity (Wildman–Crippen MR) is 125 cm³/mol. The van der Waals surface area contributed by atoms with Gasteiger partial charge in [0.2, 0.25) is 10.0 Å². The van der Waals surface area contributed by atoms with Gasteiger partial charge in [-0.3, -0.25) is 0 Å². The van der Waals surface area contributed by atoms with E-state index in [1.165, 1.54) is 30.0 Å². The monoisotopic (exact) mass is 450 g/mol. The van der Waals surface area contributed by atoms with Gasteiger partial charge in [0.25, 0.3) is 0 Å². The van der Waals surface area contributed by atoms with E-state index in [2.05, 4.69) is 11.9 Å². The van der Waals surface area contributed by atoms with E-state index >= 15 is 0 Å². The molecule has 0 spiro atoms. The summed E-state index contributed by atoms with van der Waals surface area (Å²) < 4.78 is 34.8. The van der Waals surface area contributed by atoms with Crippen LogP contribution >= 0.6 is 0 Å². The highest BCUT2D eigenvalue weighted by atomic mass is 32.2. The van der Waals surface area contributed by atoms with Crippen LogP contribution in [-0.4, -0.2) is 68.2 Å². The minimum Gasteiger partial charge on any atom is -0.487 e. The second-order valence-electron chi connectivity index (χ2n) is 9.32. The average molecular weight is 451 g/mol. The van der Waals surface area contributed by atoms with E-state index < -0.39 is 16.1 Å². The first-order chi connectivity index (χ1) is 14.8. The standard InChI is InChI=1S/C24H38N2O4S/c1-5-8-20-11-12-24-22(13-20)30-23(16-25(4)15-21-9-6-7-10-21)18(2)14-26(19(3)17-27)31(24,28)29/h5,8,11-13,18-19,21,23,27H,6-7,9-10,14-17H2,1-4H3/b8-5+/t18-,19+,23+/m0/s1. The summed E-state index contributed by atoms with van der Waals surface area (Å²) in [5.41, 5.74) is 0.907. The van der Waals surface area contributed by atoms with Gasteiger partial charge in [0.1, 0.15) is 16.7 Å². The van der Waals surface area contributed by atoms with Crippen molar-refractivity contribution in [3.63, 3.8) is 0 Å². The molecule has 31 heavy (non-hydrogen) atoms. The van der Waals surface area contributed by atoms with Crippen molar-refractivity contribution in [3.8, 4) is 5.75 Å². The van der Waals surface area contributed by atoms with Crippen molar-refractivity contribution >= 4 is 16.1 Å². The lowest BCUT2D eigenvalue weighted by atomic mass is 10.0. The Labute approximate surface area is 187 Å². The summed E-state index contributed by atoms with van der Waals surface area (Å²) in [4.78, 5) is 2.51. The molecule has 1 aliphatic heterocycles. The molecule has 0 saturated heterocycles. The molecule has 0 radical (unpaired) electrons. The molecule has 1 fully saturated rings. The number of fused-ring (bicyclic) bond motifs is 1. The molecule has 174 valence electrons. The molecule has 3 rings (SSSR count). The summed E-state index contributed by atoms with van der Waals surface area (Å²) in [5.74, 6) is 1.12. The smallest absolute Gasteiger partial charge is 0.247 e. The van der Waals surface area contributed by atoms with Gasteiger partial charge in [-0.25, -0.2) is 8.42 Å². The van der Waals surface area contributed by atoms with Crippen molar-refractivity contribution in [2.45, 2.75) is 63.5 Å². The van der Waals surface area contributed by atoms with E-state index in [1.54, 1.807) is 19.1 Å². The molecule has 3 atom stereocenters. The minimum absolute atomic E-state index is 0.0201. The van der Waals surface area contributed by atoms with Gasteiger partial charge in [-0.1, -0.05) is 38.0 Å². The highest BCUT2D eigenvalue weighted by Crippen LogP contribution is 2.34. The molecule has 2 aliphatic rings. The molecule has 1 N–H and O–H groups in total. The molecule has 7 heteroatoms. The first-order valence-electron chi connectivity index (χ1n) is 11.5. The Morgan fingerprint density at radius 2 is 2.00 bits per heavy atom. The van der Waals surface area contributed by atoms with E-state index in [0.29, 0.717) is 12.3 Å². The number of rotatable bonds is 7. The largest absolute Gasteiger partial charge is 0.487 e. The van der Waals surface area contributed by atoms with Crippen LogP contribution in [0.3, 0.4) is 0 Å². The number of nitrogens with zero attached hydrogens (tertiary/aromatic N) is 2. The van der Waals surface area contributed by atoms with Crippen molar-refractivity contribution in [1.82, 2.24) is 9.21 Å². The fourth-order valence-corrected chi connectivity index (χ4v) is 6.60. The van der Waals surface area contributed by atoms with Gasteiger partial charge in [-0.2, -0.15) is 4.31 Å². The molecule has 1 aromatic carbocycles. The maximum Gasteiger partial charge on any atom is 0.247 e. The van der Waals surface area contributed by atoms with Crippen molar-refractivity contribution < 1.29 is 18.3 Å². The Balaban J connectivity index is 1.94. The molecule has 1 aromatic rings. The van der Waals surface area contributed by atoms with Gasteiger partial charge in [-0.15, -0.1) is 0 Å². The van der Waals surface area contributed by atoms with Crippen LogP contribution in [0.4, 0.5) is 0 Å². The molecular weight excluding hydrogens is 412 g/mol. The molecule has 1 saturated carbocycles. The van der Waals surface area contributed by atoms with Gasteiger partial charge in [-0.05, 0) is 57.4 Å². The third-order valence-corrected chi connectivity index (χ3v) is 8.61. The van der Waals surface area contributed by atoms with Crippen LogP contribution in [-0.2, 0) is 10.0 Å². The quantitative estimate of drug-likeness (QED) is 0.687. The van der Waals surface area contributed by atoms with E-state index in [4.69, 9.17) is 4.74 Å². The van der Waals surface area contributed by atoms with Crippen molar-refractivity contribution in [2.75, 3.05) is 33.3 Å². The first-order valence-corrected chi connectivity index (χ1v) is 12.9. The highest BCUT2D eigenvalue weighted by Gasteiger charge is 2.38. The highest BCUT2D eigenvalue weighted by molar-refractivity contribution is 7.89. The molecule has 6 nitrogen and oxygen atoms in total. The molecule has 0 amide bonds. The normalized spacial score (nSPS) is 25.9. The zero-order chi connectivity index (χ0) is 22.6. The lowest BCUT2D eigenvalue weighted by Crippen LogP contribution is -2.49. The van der Waals surface area contributed by atoms with Gasteiger partial charge in [0, 0.05) is 31.6 Å². The first kappa shape index (κ1) is 24.2. The van der Waals surface area contributed by atoms with Crippen LogP contribution in [0.15, 0.2) is 29.2 Å². The van der Waals surface area contributed by atoms with Crippen molar-refractivity contribution in [2.24, 2.45) is 11.8 Å². The van der Waals surface area contributed by atoms with Gasteiger partial charge >= 0.3 is 0 Å². The van der Waals surface area contributed by atoms with Gasteiger partial charge < -0.3 is 14.7 Å². The number of hydrogen-bond donors (Lipinski definition) is 1. The van der Waals surface area contributed by atoms with Crippen LogP contribution in [0.2, 0.25) is 0 Å². The Bertz CT molecular complexity index is 864. The fraction of sp³-hybridized carbons (Fsp3) is 0.667. The fourth-order valence-electron chi connectivity index (χ4n) is 4.77. The molecule has 1 heterocycles. The number of benzene rings is 1. The second kappa shape index (κ2) is 10.5. The van der Waals surface area contributed by atoms with E-state index in [9.17, 15) is 13.5 Å². The number of hydrogen-bond acceptors (Lipinski definition) is 5. The van der Waals surface area contributed by atoms with E-state index in [-0.39, 0.29) is 23.5 Å². The number of sulfonamides is 1. The average Bonchev–Trinajstić information content (AvgIpc) is 3.23. The predicted octanol–water partition coefficient (Wildman–Crippen LogP) is 3.61. The number of aliphatic hydroxyl groups excluding tert-OH is 1. The Hall–Kier alpha value is -1.41. The van der Waals surface area contributed by atoms with Gasteiger partial charge in [0.15, 0.2) is 0 Å². The molecule has 0 unspecified atom stereocenters. The summed E-state index contributed by atoms with van der Waals surface area (Å²) in [6, 6.07) is 4.75. The number of allylic oxidation sites excluding steroid dienone is 1. The second-order valence-corrected chi connectivity index (χ2v) is 11.2.